The molecule has 0 aliphatic heterocycles. The molecule has 0 saturated heterocycles. The van der Waals surface area contributed by atoms with Gasteiger partial charge in [0.25, 0.3) is 0 Å². The van der Waals surface area contributed by atoms with Crippen molar-refractivity contribution in [3.63, 3.8) is 0 Å². The minimum Gasteiger partial charge on any atom is -0.392 e. The number of aliphatic hydroxyl groups is 1. The summed E-state index contributed by atoms with van der Waals surface area (Å²) in [7, 11) is 0. The van der Waals surface area contributed by atoms with E-state index in [1.165, 1.54) is 6.92 Å². The van der Waals surface area contributed by atoms with Crippen LogP contribution in [0.15, 0.2) is 24.3 Å². The van der Waals surface area contributed by atoms with Crippen LogP contribution in [0.2, 0.25) is 0 Å². The van der Waals surface area contributed by atoms with Gasteiger partial charge in [0.05, 0.1) is 13.0 Å². The monoisotopic (exact) mass is 261 g/mol. The van der Waals surface area contributed by atoms with E-state index in [-0.39, 0.29) is 6.61 Å². The topological polar surface area (TPSA) is 32.3 Å². The van der Waals surface area contributed by atoms with Crippen molar-refractivity contribution < 1.29 is 18.3 Å². The predicted octanol–water partition coefficient (Wildman–Crippen LogP) is 2.65. The molecule has 5 heteroatoms. The van der Waals surface area contributed by atoms with Crippen LogP contribution < -0.4 is 5.32 Å². The van der Waals surface area contributed by atoms with Gasteiger partial charge < -0.3 is 10.4 Å². The number of alkyl halides is 3. The molecule has 0 amide bonds. The van der Waals surface area contributed by atoms with Crippen molar-refractivity contribution in [3.8, 4) is 0 Å². The lowest BCUT2D eigenvalue weighted by Crippen LogP contribution is -2.32. The molecule has 0 aromatic heterocycles. The first-order valence-electron chi connectivity index (χ1n) is 5.89. The van der Waals surface area contributed by atoms with Crippen LogP contribution in [0.1, 0.15) is 24.5 Å². The normalized spacial score (nSPS) is 13.6. The molecule has 1 atom stereocenters. The number of rotatable bonds is 6. The molecule has 0 aliphatic rings. The molecule has 0 aliphatic carbocycles. The third kappa shape index (κ3) is 6.02. The van der Waals surface area contributed by atoms with E-state index in [1.807, 2.05) is 24.3 Å². The quantitative estimate of drug-likeness (QED) is 0.825. The highest BCUT2D eigenvalue weighted by Gasteiger charge is 2.29. The van der Waals surface area contributed by atoms with E-state index in [0.717, 1.165) is 11.1 Å². The third-order valence-corrected chi connectivity index (χ3v) is 2.65. The Balaban J connectivity index is 2.28. The average molecular weight is 261 g/mol. The summed E-state index contributed by atoms with van der Waals surface area (Å²) >= 11 is 0. The van der Waals surface area contributed by atoms with Gasteiger partial charge in [0, 0.05) is 6.04 Å². The van der Waals surface area contributed by atoms with Crippen LogP contribution in [0.3, 0.4) is 0 Å². The van der Waals surface area contributed by atoms with Crippen LogP contribution in [0.25, 0.3) is 0 Å². The fraction of sp³-hybridized carbons (Fsp3) is 0.538. The van der Waals surface area contributed by atoms with Gasteiger partial charge in [-0.05, 0) is 31.0 Å². The zero-order valence-electron chi connectivity index (χ0n) is 10.3. The van der Waals surface area contributed by atoms with Gasteiger partial charge in [-0.1, -0.05) is 24.3 Å². The number of nitrogens with one attached hydrogen (secondary N) is 1. The number of hydrogen-bond acceptors (Lipinski definition) is 2. The summed E-state index contributed by atoms with van der Waals surface area (Å²) in [6.07, 6.45) is -4.25. The van der Waals surface area contributed by atoms with Crippen LogP contribution in [-0.4, -0.2) is 23.9 Å². The van der Waals surface area contributed by atoms with Crippen LogP contribution >= 0.6 is 0 Å². The maximum atomic E-state index is 12.1. The molecule has 0 bridgehead atoms. The van der Waals surface area contributed by atoms with E-state index in [0.29, 0.717) is 13.0 Å². The van der Waals surface area contributed by atoms with Crippen LogP contribution in [0.5, 0.6) is 0 Å². The molecule has 18 heavy (non-hydrogen) atoms. The standard InChI is InChI=1S/C13H18F3NO/c1-10(8-13(14,15)16)17-7-6-11-2-4-12(9-18)5-3-11/h2-5,10,17-18H,6-9H2,1H3. The molecule has 2 nitrogen and oxygen atoms in total. The first-order chi connectivity index (χ1) is 8.40. The van der Waals surface area contributed by atoms with E-state index >= 15 is 0 Å². The lowest BCUT2D eigenvalue weighted by Gasteiger charge is -2.15. The Hall–Kier alpha value is -1.07. The van der Waals surface area contributed by atoms with E-state index in [9.17, 15) is 13.2 Å². The molecular formula is C13H18F3NO. The Morgan fingerprint density at radius 3 is 2.22 bits per heavy atom. The molecule has 2 N–H and O–H groups in total. The van der Waals surface area contributed by atoms with Crippen molar-refractivity contribution in [1.82, 2.24) is 5.32 Å². The average Bonchev–Trinajstić information content (AvgIpc) is 2.27. The smallest absolute Gasteiger partial charge is 0.390 e. The summed E-state index contributed by atoms with van der Waals surface area (Å²) in [5, 5.41) is 11.7. The zero-order valence-corrected chi connectivity index (χ0v) is 10.3. The first-order valence-corrected chi connectivity index (χ1v) is 5.89. The molecule has 1 aromatic carbocycles. The van der Waals surface area contributed by atoms with Crippen molar-refractivity contribution >= 4 is 0 Å². The lowest BCUT2D eigenvalue weighted by molar-refractivity contribution is -0.138. The van der Waals surface area contributed by atoms with Gasteiger partial charge in [0.2, 0.25) is 0 Å². The van der Waals surface area contributed by atoms with Gasteiger partial charge in [0.1, 0.15) is 0 Å². The molecule has 0 spiro atoms. The second kappa shape index (κ2) is 6.75. The van der Waals surface area contributed by atoms with E-state index in [2.05, 4.69) is 5.32 Å². The van der Waals surface area contributed by atoms with E-state index in [1.54, 1.807) is 0 Å². The number of hydrogen-bond donors (Lipinski definition) is 2. The predicted molar refractivity (Wildman–Crippen MR) is 64.2 cm³/mol. The highest BCUT2D eigenvalue weighted by Crippen LogP contribution is 2.21. The van der Waals surface area contributed by atoms with Crippen LogP contribution in [0.4, 0.5) is 13.2 Å². The van der Waals surface area contributed by atoms with Gasteiger partial charge in [-0.3, -0.25) is 0 Å². The molecule has 0 fully saturated rings. The fourth-order valence-corrected chi connectivity index (χ4v) is 1.69. The molecule has 1 unspecified atom stereocenters. The zero-order chi connectivity index (χ0) is 13.6. The highest BCUT2D eigenvalue weighted by molar-refractivity contribution is 5.22. The van der Waals surface area contributed by atoms with Crippen molar-refractivity contribution in [3.05, 3.63) is 35.4 Å². The summed E-state index contributed by atoms with van der Waals surface area (Å²) in [5.41, 5.74) is 1.87. The maximum Gasteiger partial charge on any atom is 0.390 e. The Labute approximate surface area is 105 Å². The Morgan fingerprint density at radius 1 is 1.17 bits per heavy atom. The van der Waals surface area contributed by atoms with Crippen molar-refractivity contribution in [2.24, 2.45) is 0 Å². The summed E-state index contributed by atoms with van der Waals surface area (Å²) in [4.78, 5) is 0. The first kappa shape index (κ1) is 15.0. The molecule has 0 saturated carbocycles. The molecule has 1 rings (SSSR count). The largest absolute Gasteiger partial charge is 0.392 e. The molecule has 0 radical (unpaired) electrons. The minimum absolute atomic E-state index is 0.00114. The van der Waals surface area contributed by atoms with Gasteiger partial charge >= 0.3 is 6.18 Å². The van der Waals surface area contributed by atoms with Gasteiger partial charge in [-0.15, -0.1) is 0 Å². The Kier molecular flexibility index (Phi) is 5.62. The van der Waals surface area contributed by atoms with E-state index in [4.69, 9.17) is 5.11 Å². The van der Waals surface area contributed by atoms with Crippen LogP contribution in [-0.2, 0) is 13.0 Å². The second-order valence-corrected chi connectivity index (χ2v) is 4.40. The number of aliphatic hydroxyl groups excluding tert-OH is 1. The summed E-state index contributed by atoms with van der Waals surface area (Å²) in [6, 6.07) is 6.81. The van der Waals surface area contributed by atoms with Gasteiger partial charge in [-0.2, -0.15) is 13.2 Å². The summed E-state index contributed by atoms with van der Waals surface area (Å²) < 4.78 is 36.2. The highest BCUT2D eigenvalue weighted by atomic mass is 19.4. The summed E-state index contributed by atoms with van der Waals surface area (Å²) in [5.74, 6) is 0. The fourth-order valence-electron chi connectivity index (χ4n) is 1.69. The molecule has 1 aromatic rings. The lowest BCUT2D eigenvalue weighted by atomic mass is 10.1. The number of halogens is 3. The van der Waals surface area contributed by atoms with Gasteiger partial charge in [-0.25, -0.2) is 0 Å². The van der Waals surface area contributed by atoms with Gasteiger partial charge in [0.15, 0.2) is 0 Å². The van der Waals surface area contributed by atoms with Crippen molar-refractivity contribution in [1.29, 1.82) is 0 Å². The van der Waals surface area contributed by atoms with E-state index < -0.39 is 18.6 Å². The van der Waals surface area contributed by atoms with Crippen molar-refractivity contribution in [2.75, 3.05) is 6.54 Å². The third-order valence-electron chi connectivity index (χ3n) is 2.65. The second-order valence-electron chi connectivity index (χ2n) is 4.40. The molecule has 102 valence electrons. The molecular weight excluding hydrogens is 243 g/mol. The van der Waals surface area contributed by atoms with Crippen LogP contribution in [0, 0.1) is 0 Å². The summed E-state index contributed by atoms with van der Waals surface area (Å²) in [6.45, 7) is 2.04. The minimum atomic E-state index is -4.12. The maximum absolute atomic E-state index is 12.1. The molecule has 0 heterocycles. The van der Waals surface area contributed by atoms with Crippen molar-refractivity contribution in [2.45, 2.75) is 38.6 Å². The number of benzene rings is 1. The SMILES string of the molecule is CC(CC(F)(F)F)NCCc1ccc(CO)cc1. The Bertz CT molecular complexity index is 348. The Morgan fingerprint density at radius 2 is 1.72 bits per heavy atom.